The summed E-state index contributed by atoms with van der Waals surface area (Å²) in [5.74, 6) is 0.327. The summed E-state index contributed by atoms with van der Waals surface area (Å²) in [5, 5.41) is 0. The molecule has 1 rings (SSSR count). The maximum absolute atomic E-state index is 13.5. The van der Waals surface area contributed by atoms with Crippen molar-refractivity contribution in [3.63, 3.8) is 0 Å². The zero-order valence-electron chi connectivity index (χ0n) is 25.6. The van der Waals surface area contributed by atoms with Crippen LogP contribution in [0.4, 0.5) is 0 Å². The highest BCUT2D eigenvalue weighted by molar-refractivity contribution is 6.03. The number of hydrogen-bond acceptors (Lipinski definition) is 3. The summed E-state index contributed by atoms with van der Waals surface area (Å²) in [4.78, 5) is 40.8. The van der Waals surface area contributed by atoms with Crippen LogP contribution in [-0.2, 0) is 14.4 Å². The van der Waals surface area contributed by atoms with E-state index in [1.165, 1.54) is 44.9 Å². The van der Waals surface area contributed by atoms with Gasteiger partial charge in [-0.2, -0.15) is 0 Å². The molecule has 0 radical (unpaired) electrons. The number of hydrogen-bond donors (Lipinski definition) is 0. The Balaban J connectivity index is 2.62. The molecule has 4 heteroatoms. The van der Waals surface area contributed by atoms with E-state index in [1.54, 1.807) is 4.90 Å². The molecule has 0 saturated carbocycles. The van der Waals surface area contributed by atoms with E-state index in [0.29, 0.717) is 25.2 Å². The summed E-state index contributed by atoms with van der Waals surface area (Å²) >= 11 is 0. The first-order valence-corrected chi connectivity index (χ1v) is 16.1. The van der Waals surface area contributed by atoms with Crippen LogP contribution in [0, 0.1) is 16.7 Å². The largest absolute Gasteiger partial charge is 0.299 e. The van der Waals surface area contributed by atoms with Crippen molar-refractivity contribution < 1.29 is 14.4 Å². The Kier molecular flexibility index (Phi) is 16.6. The Bertz CT molecular complexity index is 674. The molecule has 0 spiro atoms. The van der Waals surface area contributed by atoms with E-state index < -0.39 is 0 Å². The molecule has 2 amide bonds. The van der Waals surface area contributed by atoms with Crippen molar-refractivity contribution in [3.8, 4) is 0 Å². The van der Waals surface area contributed by atoms with Crippen LogP contribution in [0.2, 0.25) is 0 Å². The second-order valence-electron chi connectivity index (χ2n) is 12.5. The molecule has 0 N–H and O–H groups in total. The van der Waals surface area contributed by atoms with Gasteiger partial charge in [-0.05, 0) is 43.9 Å². The molecule has 0 bridgehead atoms. The van der Waals surface area contributed by atoms with Crippen LogP contribution >= 0.6 is 0 Å². The van der Waals surface area contributed by atoms with Crippen LogP contribution < -0.4 is 0 Å². The minimum Gasteiger partial charge on any atom is -0.299 e. The van der Waals surface area contributed by atoms with Gasteiger partial charge in [0.15, 0.2) is 0 Å². The van der Waals surface area contributed by atoms with Crippen molar-refractivity contribution in [2.24, 2.45) is 16.7 Å². The van der Waals surface area contributed by atoms with Gasteiger partial charge in [-0.25, -0.2) is 0 Å². The van der Waals surface area contributed by atoms with E-state index >= 15 is 0 Å². The van der Waals surface area contributed by atoms with Gasteiger partial charge in [0, 0.05) is 24.8 Å². The summed E-state index contributed by atoms with van der Waals surface area (Å²) < 4.78 is 0. The average Bonchev–Trinajstić information content (AvgIpc) is 3.18. The minimum atomic E-state index is -0.192. The molecule has 0 aromatic rings. The molecule has 37 heavy (non-hydrogen) atoms. The number of imide groups is 1. The third-order valence-corrected chi connectivity index (χ3v) is 9.36. The topological polar surface area (TPSA) is 54.5 Å². The quantitative estimate of drug-likeness (QED) is 0.0997. The SMILES string of the molecule is CCCCCCCC(C)(CCCCCC)C1CC(=O)N(CCCCCC(=O)C(C)(CC)CCCC)C1=O. The van der Waals surface area contributed by atoms with Gasteiger partial charge >= 0.3 is 0 Å². The standard InChI is InChI=1S/C33H61NO3/c1-7-11-14-16-20-25-33(6,24-19-15-12-8-2)28-27-30(36)34(31(28)37)26-21-17-18-22-29(35)32(5,10-4)23-13-9-3/h28H,7-27H2,1-6H3. The van der Waals surface area contributed by atoms with E-state index in [4.69, 9.17) is 0 Å². The normalized spacial score (nSPS) is 19.3. The van der Waals surface area contributed by atoms with Gasteiger partial charge < -0.3 is 0 Å². The third-order valence-electron chi connectivity index (χ3n) is 9.36. The van der Waals surface area contributed by atoms with Crippen molar-refractivity contribution >= 4 is 17.6 Å². The number of carbonyl (C=O) groups is 3. The number of Topliss-reactive ketones (excluding diaryl/α,β-unsaturated/α-hetero) is 1. The second-order valence-corrected chi connectivity index (χ2v) is 12.5. The number of amides is 2. The van der Waals surface area contributed by atoms with E-state index in [2.05, 4.69) is 41.5 Å². The lowest BCUT2D eigenvalue weighted by Crippen LogP contribution is -2.37. The van der Waals surface area contributed by atoms with Crippen LogP contribution in [0.3, 0.4) is 0 Å². The van der Waals surface area contributed by atoms with E-state index in [-0.39, 0.29) is 28.6 Å². The number of carbonyl (C=O) groups excluding carboxylic acids is 3. The summed E-state index contributed by atoms with van der Waals surface area (Å²) in [6.07, 6.45) is 20.8. The number of unbranched alkanes of at least 4 members (excludes halogenated alkanes) is 10. The van der Waals surface area contributed by atoms with Crippen molar-refractivity contribution in [1.29, 1.82) is 0 Å². The van der Waals surface area contributed by atoms with Crippen LogP contribution in [0.1, 0.15) is 170 Å². The van der Waals surface area contributed by atoms with Crippen molar-refractivity contribution in [2.75, 3.05) is 6.54 Å². The van der Waals surface area contributed by atoms with Gasteiger partial charge in [-0.3, -0.25) is 19.3 Å². The number of rotatable bonds is 23. The number of nitrogens with zero attached hydrogens (tertiary/aromatic N) is 1. The van der Waals surface area contributed by atoms with Gasteiger partial charge in [0.1, 0.15) is 5.78 Å². The summed E-state index contributed by atoms with van der Waals surface area (Å²) in [6.45, 7) is 13.7. The predicted molar refractivity (Wildman–Crippen MR) is 156 cm³/mol. The molecule has 1 saturated heterocycles. The Morgan fingerprint density at radius 3 is 1.84 bits per heavy atom. The number of ketones is 1. The first-order valence-electron chi connectivity index (χ1n) is 16.1. The van der Waals surface area contributed by atoms with Crippen molar-refractivity contribution in [1.82, 2.24) is 4.90 Å². The van der Waals surface area contributed by atoms with Crippen LogP contribution in [0.5, 0.6) is 0 Å². The van der Waals surface area contributed by atoms with Crippen LogP contribution in [0.15, 0.2) is 0 Å². The highest BCUT2D eigenvalue weighted by Crippen LogP contribution is 2.44. The zero-order chi connectivity index (χ0) is 27.7. The van der Waals surface area contributed by atoms with Gasteiger partial charge in [0.05, 0.1) is 5.92 Å². The Labute approximate surface area is 230 Å². The fourth-order valence-electron chi connectivity index (χ4n) is 6.14. The second kappa shape index (κ2) is 18.2. The number of likely N-dealkylation sites (tertiary alicyclic amines) is 1. The van der Waals surface area contributed by atoms with Crippen LogP contribution in [-0.4, -0.2) is 29.0 Å². The zero-order valence-corrected chi connectivity index (χ0v) is 25.6. The van der Waals surface area contributed by atoms with Gasteiger partial charge in [0.2, 0.25) is 11.8 Å². The first-order chi connectivity index (χ1) is 17.7. The van der Waals surface area contributed by atoms with Gasteiger partial charge in [0.25, 0.3) is 0 Å². The summed E-state index contributed by atoms with van der Waals surface area (Å²) in [6, 6.07) is 0. The first kappa shape index (κ1) is 33.8. The maximum atomic E-state index is 13.5. The molecule has 0 aliphatic carbocycles. The summed E-state index contributed by atoms with van der Waals surface area (Å²) in [5.41, 5.74) is -0.265. The Hall–Kier alpha value is -1.19. The minimum absolute atomic E-state index is 0.0231. The molecule has 1 aliphatic rings. The highest BCUT2D eigenvalue weighted by Gasteiger charge is 2.47. The molecule has 3 atom stereocenters. The Morgan fingerprint density at radius 1 is 0.730 bits per heavy atom. The molecular weight excluding hydrogens is 458 g/mol. The van der Waals surface area contributed by atoms with Gasteiger partial charge in [-0.1, -0.05) is 119 Å². The molecule has 1 heterocycles. The fraction of sp³-hybridized carbons (Fsp3) is 0.909. The molecule has 1 fully saturated rings. The summed E-state index contributed by atoms with van der Waals surface area (Å²) in [7, 11) is 0. The average molecular weight is 520 g/mol. The van der Waals surface area contributed by atoms with Gasteiger partial charge in [-0.15, -0.1) is 0 Å². The van der Waals surface area contributed by atoms with Crippen LogP contribution in [0.25, 0.3) is 0 Å². The molecular formula is C33H61NO3. The lowest BCUT2D eigenvalue weighted by Gasteiger charge is -2.35. The lowest BCUT2D eigenvalue weighted by molar-refractivity contribution is -0.141. The molecule has 1 aliphatic heterocycles. The third kappa shape index (κ3) is 11.2. The van der Waals surface area contributed by atoms with Crippen molar-refractivity contribution in [2.45, 2.75) is 170 Å². The molecule has 0 aromatic carbocycles. The predicted octanol–water partition coefficient (Wildman–Crippen LogP) is 9.43. The lowest BCUT2D eigenvalue weighted by atomic mass is 9.69. The molecule has 0 aromatic heterocycles. The molecule has 4 nitrogen and oxygen atoms in total. The monoisotopic (exact) mass is 519 g/mol. The highest BCUT2D eigenvalue weighted by atomic mass is 16.2. The molecule has 3 unspecified atom stereocenters. The molecule has 216 valence electrons. The Morgan fingerprint density at radius 2 is 1.27 bits per heavy atom. The smallest absolute Gasteiger partial charge is 0.233 e. The van der Waals surface area contributed by atoms with E-state index in [1.807, 2.05) is 0 Å². The van der Waals surface area contributed by atoms with E-state index in [9.17, 15) is 14.4 Å². The van der Waals surface area contributed by atoms with Crippen molar-refractivity contribution in [3.05, 3.63) is 0 Å². The maximum Gasteiger partial charge on any atom is 0.233 e. The van der Waals surface area contributed by atoms with E-state index in [0.717, 1.165) is 70.6 Å². The fourth-order valence-corrected chi connectivity index (χ4v) is 6.14.